The molecular weight excluding hydrogens is 363 g/mol. The predicted octanol–water partition coefficient (Wildman–Crippen LogP) is 3.62. The first-order chi connectivity index (χ1) is 11.9. The van der Waals surface area contributed by atoms with E-state index in [9.17, 15) is 9.59 Å². The minimum Gasteiger partial charge on any atom is -0.396 e. The quantitative estimate of drug-likeness (QED) is 0.609. The highest BCUT2D eigenvalue weighted by Crippen LogP contribution is 2.31. The van der Waals surface area contributed by atoms with Crippen molar-refractivity contribution in [3.63, 3.8) is 0 Å². The van der Waals surface area contributed by atoms with Crippen molar-refractivity contribution in [3.8, 4) is 5.69 Å². The Labute approximate surface area is 153 Å². The number of aromatic amines is 1. The van der Waals surface area contributed by atoms with Gasteiger partial charge in [0.05, 0.1) is 21.4 Å². The van der Waals surface area contributed by atoms with Gasteiger partial charge in [0.1, 0.15) is 0 Å². The Morgan fingerprint density at radius 1 is 1.16 bits per heavy atom. The molecule has 0 bridgehead atoms. The van der Waals surface area contributed by atoms with Gasteiger partial charge in [-0.25, -0.2) is 4.79 Å². The molecule has 128 valence electrons. The smallest absolute Gasteiger partial charge is 0.330 e. The van der Waals surface area contributed by atoms with Gasteiger partial charge in [0.15, 0.2) is 0 Å². The first kappa shape index (κ1) is 17.1. The van der Waals surface area contributed by atoms with Crippen LogP contribution in [0.4, 0.5) is 11.4 Å². The summed E-state index contributed by atoms with van der Waals surface area (Å²) in [6.45, 7) is 1.81. The third kappa shape index (κ3) is 3.40. The highest BCUT2D eigenvalue weighted by atomic mass is 35.5. The van der Waals surface area contributed by atoms with E-state index in [1.807, 2.05) is 6.92 Å². The maximum absolute atomic E-state index is 12.4. The molecule has 0 atom stereocenters. The van der Waals surface area contributed by atoms with Crippen LogP contribution in [0.1, 0.15) is 16.1 Å². The van der Waals surface area contributed by atoms with Crippen LogP contribution in [-0.4, -0.2) is 15.5 Å². The fourth-order valence-electron chi connectivity index (χ4n) is 2.40. The van der Waals surface area contributed by atoms with Crippen LogP contribution < -0.4 is 16.7 Å². The topological polar surface area (TPSA) is 92.9 Å². The first-order valence-corrected chi connectivity index (χ1v) is 8.06. The van der Waals surface area contributed by atoms with Crippen LogP contribution in [0.25, 0.3) is 5.69 Å². The molecule has 0 aliphatic heterocycles. The van der Waals surface area contributed by atoms with Gasteiger partial charge < -0.3 is 16.0 Å². The zero-order chi connectivity index (χ0) is 18.1. The van der Waals surface area contributed by atoms with Crippen LogP contribution >= 0.6 is 23.2 Å². The fraction of sp³-hybridized carbons (Fsp3) is 0.0588. The van der Waals surface area contributed by atoms with Crippen LogP contribution in [0.2, 0.25) is 10.0 Å². The largest absolute Gasteiger partial charge is 0.396 e. The summed E-state index contributed by atoms with van der Waals surface area (Å²) < 4.78 is 1.52. The second-order valence-electron chi connectivity index (χ2n) is 5.43. The van der Waals surface area contributed by atoms with Gasteiger partial charge in [-0.1, -0.05) is 23.2 Å². The van der Waals surface area contributed by atoms with Gasteiger partial charge in [-0.05, 0) is 43.3 Å². The van der Waals surface area contributed by atoms with Crippen LogP contribution in [-0.2, 0) is 0 Å². The van der Waals surface area contributed by atoms with Crippen molar-refractivity contribution in [3.05, 3.63) is 74.4 Å². The number of nitrogen functional groups attached to an aromatic ring is 1. The van der Waals surface area contributed by atoms with E-state index in [1.165, 1.54) is 16.7 Å². The lowest BCUT2D eigenvalue weighted by molar-refractivity contribution is 0.102. The number of nitrogens with one attached hydrogen (secondary N) is 2. The number of imidazole rings is 1. The maximum Gasteiger partial charge on any atom is 0.330 e. The Morgan fingerprint density at radius 3 is 2.28 bits per heavy atom. The molecule has 1 amide bonds. The first-order valence-electron chi connectivity index (χ1n) is 7.30. The molecule has 0 saturated carbocycles. The van der Waals surface area contributed by atoms with Crippen LogP contribution in [0.5, 0.6) is 0 Å². The van der Waals surface area contributed by atoms with E-state index in [0.29, 0.717) is 16.9 Å². The van der Waals surface area contributed by atoms with Crippen LogP contribution in [0.15, 0.2) is 47.4 Å². The number of H-pyrrole nitrogens is 1. The summed E-state index contributed by atoms with van der Waals surface area (Å²) in [5.74, 6) is -0.332. The van der Waals surface area contributed by atoms with Crippen molar-refractivity contribution in [2.75, 3.05) is 11.1 Å². The molecule has 0 saturated heterocycles. The van der Waals surface area contributed by atoms with Gasteiger partial charge in [0, 0.05) is 23.1 Å². The van der Waals surface area contributed by atoms with E-state index in [1.54, 1.807) is 30.5 Å². The zero-order valence-corrected chi connectivity index (χ0v) is 14.7. The summed E-state index contributed by atoms with van der Waals surface area (Å²) in [5.41, 5.74) is 8.00. The molecule has 3 aromatic rings. The fourth-order valence-corrected chi connectivity index (χ4v) is 2.89. The molecular formula is C17H14Cl2N4O2. The second kappa shape index (κ2) is 6.66. The number of nitrogens with two attached hydrogens (primary N) is 1. The number of benzene rings is 2. The third-order valence-corrected chi connectivity index (χ3v) is 4.31. The normalized spacial score (nSPS) is 10.7. The monoisotopic (exact) mass is 376 g/mol. The summed E-state index contributed by atoms with van der Waals surface area (Å²) in [4.78, 5) is 26.7. The number of aromatic nitrogens is 2. The van der Waals surface area contributed by atoms with Gasteiger partial charge >= 0.3 is 5.69 Å². The van der Waals surface area contributed by atoms with E-state index < -0.39 is 0 Å². The number of carbonyl (C=O) groups excluding carboxylic acids is 1. The van der Waals surface area contributed by atoms with Crippen molar-refractivity contribution >= 4 is 40.5 Å². The molecule has 2 aromatic carbocycles. The highest BCUT2D eigenvalue weighted by Gasteiger charge is 2.11. The number of nitrogens with zero attached hydrogens (tertiary/aromatic N) is 1. The molecule has 25 heavy (non-hydrogen) atoms. The van der Waals surface area contributed by atoms with Gasteiger partial charge in [-0.15, -0.1) is 0 Å². The lowest BCUT2D eigenvalue weighted by atomic mass is 10.2. The number of halogens is 2. The summed E-state index contributed by atoms with van der Waals surface area (Å²) >= 11 is 11.9. The number of hydrogen-bond donors (Lipinski definition) is 3. The number of anilines is 2. The summed E-state index contributed by atoms with van der Waals surface area (Å²) in [6.07, 6.45) is 1.62. The Bertz CT molecular complexity index is 983. The van der Waals surface area contributed by atoms with Crippen LogP contribution in [0, 0.1) is 6.92 Å². The number of aryl methyl sites for hydroxylation is 1. The van der Waals surface area contributed by atoms with E-state index in [4.69, 9.17) is 28.9 Å². The number of rotatable bonds is 3. The standard InChI is InChI=1S/C17H14Cl2N4O2/c1-9-8-21-17(25)23(9)12-4-2-10(3-5-12)16(24)22-11-6-13(18)15(20)14(19)7-11/h2-8H,20H2,1H3,(H,21,25)(H,22,24). The third-order valence-electron chi connectivity index (χ3n) is 3.68. The van der Waals surface area contributed by atoms with E-state index in [2.05, 4.69) is 10.3 Å². The van der Waals surface area contributed by atoms with E-state index in [-0.39, 0.29) is 27.3 Å². The van der Waals surface area contributed by atoms with Crippen molar-refractivity contribution < 1.29 is 4.79 Å². The predicted molar refractivity (Wildman–Crippen MR) is 100.0 cm³/mol. The molecule has 0 fully saturated rings. The molecule has 0 radical (unpaired) electrons. The van der Waals surface area contributed by atoms with Gasteiger partial charge in [-0.2, -0.15) is 0 Å². The molecule has 4 N–H and O–H groups in total. The van der Waals surface area contributed by atoms with Gasteiger partial charge in [0.2, 0.25) is 0 Å². The maximum atomic E-state index is 12.4. The van der Waals surface area contributed by atoms with E-state index in [0.717, 1.165) is 5.69 Å². The molecule has 0 aliphatic rings. The Morgan fingerprint density at radius 2 is 1.76 bits per heavy atom. The minimum absolute atomic E-state index is 0.235. The van der Waals surface area contributed by atoms with E-state index >= 15 is 0 Å². The zero-order valence-electron chi connectivity index (χ0n) is 13.1. The molecule has 0 spiro atoms. The highest BCUT2D eigenvalue weighted by molar-refractivity contribution is 6.39. The van der Waals surface area contributed by atoms with Crippen molar-refractivity contribution in [2.45, 2.75) is 6.92 Å². The summed E-state index contributed by atoms with van der Waals surface area (Å²) in [5, 5.41) is 3.23. The Balaban J connectivity index is 1.83. The number of carbonyl (C=O) groups is 1. The molecule has 0 unspecified atom stereocenters. The van der Waals surface area contributed by atoms with Crippen molar-refractivity contribution in [1.82, 2.24) is 9.55 Å². The lowest BCUT2D eigenvalue weighted by Gasteiger charge is -2.09. The number of amides is 1. The average molecular weight is 377 g/mol. The summed E-state index contributed by atoms with van der Waals surface area (Å²) in [7, 11) is 0. The van der Waals surface area contributed by atoms with Gasteiger partial charge in [0.25, 0.3) is 5.91 Å². The molecule has 3 rings (SSSR count). The molecule has 1 aromatic heterocycles. The summed E-state index contributed by atoms with van der Waals surface area (Å²) in [6, 6.07) is 9.70. The SMILES string of the molecule is Cc1c[nH]c(=O)n1-c1ccc(C(=O)Nc2cc(Cl)c(N)c(Cl)c2)cc1. The average Bonchev–Trinajstić information content (AvgIpc) is 2.91. The van der Waals surface area contributed by atoms with Crippen molar-refractivity contribution in [1.29, 1.82) is 0 Å². The molecule has 6 nitrogen and oxygen atoms in total. The lowest BCUT2D eigenvalue weighted by Crippen LogP contribution is -2.16. The Kier molecular flexibility index (Phi) is 4.57. The van der Waals surface area contributed by atoms with Crippen molar-refractivity contribution in [2.24, 2.45) is 0 Å². The van der Waals surface area contributed by atoms with Gasteiger partial charge in [-0.3, -0.25) is 9.36 Å². The number of hydrogen-bond acceptors (Lipinski definition) is 3. The minimum atomic E-state index is -0.332. The molecule has 0 aliphatic carbocycles. The Hall–Kier alpha value is -2.70. The van der Waals surface area contributed by atoms with Crippen LogP contribution in [0.3, 0.4) is 0 Å². The molecule has 8 heteroatoms. The second-order valence-corrected chi connectivity index (χ2v) is 6.24. The molecule has 1 heterocycles.